The van der Waals surface area contributed by atoms with Crippen LogP contribution in [0.2, 0.25) is 0 Å². The number of amides is 1. The minimum absolute atomic E-state index is 0.183. The van der Waals surface area contributed by atoms with Gasteiger partial charge >= 0.3 is 0 Å². The first kappa shape index (κ1) is 17.2. The van der Waals surface area contributed by atoms with E-state index in [0.29, 0.717) is 6.54 Å². The van der Waals surface area contributed by atoms with E-state index in [1.807, 2.05) is 23.1 Å². The molecule has 0 aromatic heterocycles. The lowest BCUT2D eigenvalue weighted by Crippen LogP contribution is -2.51. The van der Waals surface area contributed by atoms with Gasteiger partial charge in [0.05, 0.1) is 19.7 Å². The first-order valence-electron chi connectivity index (χ1n) is 9.04. The highest BCUT2D eigenvalue weighted by atomic mass is 16.5. The lowest BCUT2D eigenvalue weighted by Gasteiger charge is -2.38. The third-order valence-corrected chi connectivity index (χ3v) is 5.33. The molecule has 1 N–H and O–H groups in total. The normalized spacial score (nSPS) is 23.2. The number of carbonyl (C=O) groups excluding carboxylic acids is 1. The summed E-state index contributed by atoms with van der Waals surface area (Å²) in [4.78, 5) is 17.1. The van der Waals surface area contributed by atoms with Gasteiger partial charge in [0.25, 0.3) is 0 Å². The van der Waals surface area contributed by atoms with E-state index < -0.39 is 0 Å². The Kier molecular flexibility index (Phi) is 5.74. The summed E-state index contributed by atoms with van der Waals surface area (Å²) in [7, 11) is 1.71. The van der Waals surface area contributed by atoms with Crippen LogP contribution in [0.4, 0.5) is 0 Å². The SMILES string of the molecule is COc1ccccc1C1CNCCN1CC(=O)N1CCC(C)CC1. The predicted molar refractivity (Wildman–Crippen MR) is 95.2 cm³/mol. The van der Waals surface area contributed by atoms with Gasteiger partial charge < -0.3 is 15.0 Å². The molecule has 0 saturated carbocycles. The van der Waals surface area contributed by atoms with Gasteiger partial charge in [0.2, 0.25) is 5.91 Å². The first-order valence-corrected chi connectivity index (χ1v) is 9.04. The van der Waals surface area contributed by atoms with Gasteiger partial charge in [-0.05, 0) is 24.8 Å². The number of likely N-dealkylation sites (tertiary alicyclic amines) is 1. The molecule has 1 amide bonds. The monoisotopic (exact) mass is 331 g/mol. The summed E-state index contributed by atoms with van der Waals surface area (Å²) in [5, 5.41) is 3.45. The topological polar surface area (TPSA) is 44.8 Å². The van der Waals surface area contributed by atoms with Crippen molar-refractivity contribution in [3.63, 3.8) is 0 Å². The Balaban J connectivity index is 1.69. The van der Waals surface area contributed by atoms with Crippen LogP contribution >= 0.6 is 0 Å². The molecule has 5 heteroatoms. The number of nitrogens with one attached hydrogen (secondary N) is 1. The number of nitrogens with zero attached hydrogens (tertiary/aromatic N) is 2. The van der Waals surface area contributed by atoms with Crippen molar-refractivity contribution in [1.82, 2.24) is 15.1 Å². The molecular weight excluding hydrogens is 302 g/mol. The summed E-state index contributed by atoms with van der Waals surface area (Å²) < 4.78 is 5.53. The van der Waals surface area contributed by atoms with Crippen LogP contribution in [0.1, 0.15) is 31.4 Å². The number of ether oxygens (including phenoxy) is 1. The van der Waals surface area contributed by atoms with E-state index in [1.165, 1.54) is 0 Å². The van der Waals surface area contributed by atoms with Crippen molar-refractivity contribution < 1.29 is 9.53 Å². The molecule has 3 rings (SSSR count). The molecule has 2 aliphatic heterocycles. The molecule has 24 heavy (non-hydrogen) atoms. The molecule has 1 aromatic rings. The lowest BCUT2D eigenvalue weighted by molar-refractivity contribution is -0.134. The zero-order valence-corrected chi connectivity index (χ0v) is 14.8. The van der Waals surface area contributed by atoms with Crippen LogP contribution in [-0.4, -0.2) is 62.1 Å². The highest BCUT2D eigenvalue weighted by Crippen LogP contribution is 2.30. The maximum atomic E-state index is 12.7. The average molecular weight is 331 g/mol. The second kappa shape index (κ2) is 7.99. The maximum Gasteiger partial charge on any atom is 0.236 e. The quantitative estimate of drug-likeness (QED) is 0.915. The second-order valence-electron chi connectivity index (χ2n) is 7.00. The minimum atomic E-state index is 0.183. The number of para-hydroxylation sites is 1. The van der Waals surface area contributed by atoms with Gasteiger partial charge in [0, 0.05) is 38.3 Å². The van der Waals surface area contributed by atoms with Crippen molar-refractivity contribution in [2.24, 2.45) is 5.92 Å². The predicted octanol–water partition coefficient (Wildman–Crippen LogP) is 1.90. The third-order valence-electron chi connectivity index (χ3n) is 5.33. The van der Waals surface area contributed by atoms with Crippen molar-refractivity contribution in [2.45, 2.75) is 25.8 Å². The van der Waals surface area contributed by atoms with Gasteiger partial charge in [0.15, 0.2) is 0 Å². The number of piperazine rings is 1. The highest BCUT2D eigenvalue weighted by molar-refractivity contribution is 5.78. The standard InChI is InChI=1S/C19H29N3O2/c1-15-7-10-21(11-8-15)19(23)14-22-12-9-20-13-17(22)16-5-3-4-6-18(16)24-2/h3-6,15,17,20H,7-14H2,1-2H3. The molecule has 1 atom stereocenters. The van der Waals surface area contributed by atoms with Crippen LogP contribution in [0.25, 0.3) is 0 Å². The van der Waals surface area contributed by atoms with E-state index in [0.717, 1.165) is 62.8 Å². The van der Waals surface area contributed by atoms with E-state index in [2.05, 4.69) is 23.2 Å². The minimum Gasteiger partial charge on any atom is -0.496 e. The molecule has 2 heterocycles. The lowest BCUT2D eigenvalue weighted by atomic mass is 9.99. The van der Waals surface area contributed by atoms with Crippen LogP contribution < -0.4 is 10.1 Å². The number of methoxy groups -OCH3 is 1. The zero-order chi connectivity index (χ0) is 16.9. The molecule has 2 saturated heterocycles. The van der Waals surface area contributed by atoms with E-state index in [-0.39, 0.29) is 11.9 Å². The van der Waals surface area contributed by atoms with Crippen LogP contribution in [0.3, 0.4) is 0 Å². The molecule has 5 nitrogen and oxygen atoms in total. The van der Waals surface area contributed by atoms with Crippen LogP contribution in [-0.2, 0) is 4.79 Å². The van der Waals surface area contributed by atoms with Crippen molar-refractivity contribution in [1.29, 1.82) is 0 Å². The molecule has 0 bridgehead atoms. The Morgan fingerprint density at radius 3 is 2.75 bits per heavy atom. The Bertz CT molecular complexity index is 555. The van der Waals surface area contributed by atoms with Gasteiger partial charge in [-0.3, -0.25) is 9.69 Å². The third kappa shape index (κ3) is 3.90. The average Bonchev–Trinajstić information content (AvgIpc) is 2.62. The number of piperidine rings is 1. The fraction of sp³-hybridized carbons (Fsp3) is 0.632. The highest BCUT2D eigenvalue weighted by Gasteiger charge is 2.29. The van der Waals surface area contributed by atoms with E-state index in [4.69, 9.17) is 4.74 Å². The van der Waals surface area contributed by atoms with Crippen LogP contribution in [0.5, 0.6) is 5.75 Å². The fourth-order valence-corrected chi connectivity index (χ4v) is 3.72. The number of benzene rings is 1. The molecule has 2 fully saturated rings. The summed E-state index contributed by atoms with van der Waals surface area (Å²) in [5.41, 5.74) is 1.16. The maximum absolute atomic E-state index is 12.7. The van der Waals surface area contributed by atoms with Gasteiger partial charge in [-0.1, -0.05) is 25.1 Å². The fourth-order valence-electron chi connectivity index (χ4n) is 3.72. The van der Waals surface area contributed by atoms with Crippen LogP contribution in [0.15, 0.2) is 24.3 Å². The van der Waals surface area contributed by atoms with Gasteiger partial charge in [-0.15, -0.1) is 0 Å². The Labute approximate surface area is 145 Å². The van der Waals surface area contributed by atoms with Crippen molar-refractivity contribution >= 4 is 5.91 Å². The van der Waals surface area contributed by atoms with Gasteiger partial charge in [0.1, 0.15) is 5.75 Å². The van der Waals surface area contributed by atoms with Crippen molar-refractivity contribution in [3.8, 4) is 5.75 Å². The molecule has 0 spiro atoms. The number of hydrogen-bond acceptors (Lipinski definition) is 4. The van der Waals surface area contributed by atoms with E-state index in [9.17, 15) is 4.79 Å². The molecule has 2 aliphatic rings. The van der Waals surface area contributed by atoms with E-state index >= 15 is 0 Å². The van der Waals surface area contributed by atoms with Gasteiger partial charge in [-0.25, -0.2) is 0 Å². The Morgan fingerprint density at radius 2 is 2.00 bits per heavy atom. The molecule has 132 valence electrons. The van der Waals surface area contributed by atoms with E-state index in [1.54, 1.807) is 7.11 Å². The summed E-state index contributed by atoms with van der Waals surface area (Å²) >= 11 is 0. The Morgan fingerprint density at radius 1 is 1.25 bits per heavy atom. The first-order chi connectivity index (χ1) is 11.7. The summed E-state index contributed by atoms with van der Waals surface area (Å²) in [5.74, 6) is 1.91. The molecule has 0 radical (unpaired) electrons. The number of hydrogen-bond donors (Lipinski definition) is 1. The summed E-state index contributed by atoms with van der Waals surface area (Å²) in [6.45, 7) is 7.25. The molecular formula is C19H29N3O2. The summed E-state index contributed by atoms with van der Waals surface area (Å²) in [6.07, 6.45) is 2.26. The van der Waals surface area contributed by atoms with Crippen molar-refractivity contribution in [3.05, 3.63) is 29.8 Å². The molecule has 0 aliphatic carbocycles. The van der Waals surface area contributed by atoms with Crippen molar-refractivity contribution in [2.75, 3.05) is 46.4 Å². The number of carbonyl (C=O) groups is 1. The number of rotatable bonds is 4. The second-order valence-corrected chi connectivity index (χ2v) is 7.00. The molecule has 1 aromatic carbocycles. The zero-order valence-electron chi connectivity index (χ0n) is 14.8. The van der Waals surface area contributed by atoms with Crippen LogP contribution in [0, 0.1) is 5.92 Å². The van der Waals surface area contributed by atoms with Gasteiger partial charge in [-0.2, -0.15) is 0 Å². The summed E-state index contributed by atoms with van der Waals surface area (Å²) in [6, 6.07) is 8.32. The largest absolute Gasteiger partial charge is 0.496 e. The smallest absolute Gasteiger partial charge is 0.236 e. The molecule has 1 unspecified atom stereocenters. The Hall–Kier alpha value is -1.59.